The van der Waals surface area contributed by atoms with Crippen LogP contribution in [0.5, 0.6) is 5.75 Å². The molecule has 0 bridgehead atoms. The van der Waals surface area contributed by atoms with Crippen molar-refractivity contribution in [3.63, 3.8) is 0 Å². The molecule has 0 aliphatic rings. The Balaban J connectivity index is 2.27. The fourth-order valence-electron chi connectivity index (χ4n) is 1.56. The maximum atomic E-state index is 13.7. The van der Waals surface area contributed by atoms with Crippen LogP contribution in [0.4, 0.5) is 10.1 Å². The first-order valence-electron chi connectivity index (χ1n) is 6.05. The molecule has 0 unspecified atom stereocenters. The average Bonchev–Trinajstić information content (AvgIpc) is 2.77. The highest BCUT2D eigenvalue weighted by Gasteiger charge is 2.12. The van der Waals surface area contributed by atoms with E-state index in [-0.39, 0.29) is 5.75 Å². The number of nitrogens with two attached hydrogens (primary N) is 1. The van der Waals surface area contributed by atoms with Crippen molar-refractivity contribution in [3.05, 3.63) is 36.0 Å². The summed E-state index contributed by atoms with van der Waals surface area (Å²) < 4.78 is 24.3. The number of furan rings is 1. The molecular weight excluding hydrogens is 265 g/mol. The quantitative estimate of drug-likeness (QED) is 0.832. The highest BCUT2D eigenvalue weighted by atomic mass is 32.2. The van der Waals surface area contributed by atoms with Crippen LogP contribution in [0.15, 0.2) is 38.7 Å². The maximum Gasteiger partial charge on any atom is 0.167 e. The summed E-state index contributed by atoms with van der Waals surface area (Å²) in [5.41, 5.74) is 6.23. The summed E-state index contributed by atoms with van der Waals surface area (Å²) >= 11 is 1.44. The predicted octanol–water partition coefficient (Wildman–Crippen LogP) is 4.25. The summed E-state index contributed by atoms with van der Waals surface area (Å²) in [4.78, 5) is 1.72. The molecule has 0 atom stereocenters. The summed E-state index contributed by atoms with van der Waals surface area (Å²) in [7, 11) is 0. The van der Waals surface area contributed by atoms with Crippen molar-refractivity contribution < 1.29 is 13.5 Å². The first-order chi connectivity index (χ1) is 9.11. The van der Waals surface area contributed by atoms with Gasteiger partial charge in [0, 0.05) is 16.6 Å². The second-order valence-electron chi connectivity index (χ2n) is 4.11. The Bertz CT molecular complexity index is 569. The molecule has 0 aliphatic carbocycles. The number of rotatable bonds is 5. The molecular formula is C14H16FNO2S. The zero-order valence-corrected chi connectivity index (χ0v) is 11.7. The van der Waals surface area contributed by atoms with Crippen molar-refractivity contribution in [1.82, 2.24) is 0 Å². The van der Waals surface area contributed by atoms with Gasteiger partial charge in [-0.3, -0.25) is 0 Å². The molecule has 0 spiro atoms. The minimum Gasteiger partial charge on any atom is -0.490 e. The first kappa shape index (κ1) is 13.8. The van der Waals surface area contributed by atoms with Crippen molar-refractivity contribution in [2.24, 2.45) is 0 Å². The lowest BCUT2D eigenvalue weighted by Gasteiger charge is -2.10. The molecule has 0 fully saturated rings. The van der Waals surface area contributed by atoms with E-state index >= 15 is 0 Å². The average molecular weight is 281 g/mol. The third-order valence-corrected chi connectivity index (χ3v) is 3.77. The number of benzene rings is 1. The van der Waals surface area contributed by atoms with Crippen LogP contribution in [-0.2, 0) is 0 Å². The molecule has 3 nitrogen and oxygen atoms in total. The monoisotopic (exact) mass is 281 g/mol. The number of halogens is 1. The highest BCUT2D eigenvalue weighted by molar-refractivity contribution is 7.99. The Morgan fingerprint density at radius 1 is 1.37 bits per heavy atom. The minimum absolute atomic E-state index is 0.236. The van der Waals surface area contributed by atoms with Gasteiger partial charge in [-0.1, -0.05) is 18.7 Å². The molecule has 19 heavy (non-hydrogen) atoms. The maximum absolute atomic E-state index is 13.7. The van der Waals surface area contributed by atoms with Crippen LogP contribution in [0.25, 0.3) is 0 Å². The van der Waals surface area contributed by atoms with E-state index in [0.717, 1.165) is 22.0 Å². The lowest BCUT2D eigenvalue weighted by molar-refractivity contribution is 0.300. The number of anilines is 1. The van der Waals surface area contributed by atoms with Crippen LogP contribution in [0, 0.1) is 12.7 Å². The van der Waals surface area contributed by atoms with Gasteiger partial charge in [0.1, 0.15) is 5.76 Å². The first-order valence-corrected chi connectivity index (χ1v) is 6.87. The number of ether oxygens (including phenoxy) is 1. The third-order valence-electron chi connectivity index (χ3n) is 2.56. The van der Waals surface area contributed by atoms with Crippen molar-refractivity contribution in [2.45, 2.75) is 30.1 Å². The summed E-state index contributed by atoms with van der Waals surface area (Å²) in [6.07, 6.45) is 2.44. The molecule has 0 saturated carbocycles. The van der Waals surface area contributed by atoms with Crippen molar-refractivity contribution in [2.75, 3.05) is 12.3 Å². The Morgan fingerprint density at radius 3 is 2.79 bits per heavy atom. The van der Waals surface area contributed by atoms with Crippen LogP contribution in [-0.4, -0.2) is 6.61 Å². The van der Waals surface area contributed by atoms with Gasteiger partial charge in [0.25, 0.3) is 0 Å². The van der Waals surface area contributed by atoms with E-state index in [1.807, 2.05) is 19.9 Å². The van der Waals surface area contributed by atoms with E-state index in [1.165, 1.54) is 17.8 Å². The van der Waals surface area contributed by atoms with Crippen LogP contribution >= 0.6 is 11.8 Å². The van der Waals surface area contributed by atoms with E-state index in [2.05, 4.69) is 0 Å². The van der Waals surface area contributed by atoms with Crippen molar-refractivity contribution >= 4 is 17.4 Å². The van der Waals surface area contributed by atoms with Gasteiger partial charge < -0.3 is 14.9 Å². The Kier molecular flexibility index (Phi) is 4.37. The number of aryl methyl sites for hydroxylation is 1. The zero-order chi connectivity index (χ0) is 13.8. The SMILES string of the molecule is CCCOc1cc(Sc2ccoc2C)c(N)cc1F. The van der Waals surface area contributed by atoms with Crippen molar-refractivity contribution in [3.8, 4) is 5.75 Å². The van der Waals surface area contributed by atoms with Crippen LogP contribution in [0.1, 0.15) is 19.1 Å². The fourth-order valence-corrected chi connectivity index (χ4v) is 2.45. The standard InChI is InChI=1S/C14H16FNO2S/c1-3-5-18-12-8-14(11(16)7-10(12)15)19-13-4-6-17-9(13)2/h4,6-8H,3,5,16H2,1-2H3. The van der Waals surface area contributed by atoms with Gasteiger partial charge >= 0.3 is 0 Å². The van der Waals surface area contributed by atoms with E-state index in [0.29, 0.717) is 12.3 Å². The second-order valence-corrected chi connectivity index (χ2v) is 5.20. The normalized spacial score (nSPS) is 10.7. The topological polar surface area (TPSA) is 48.4 Å². The van der Waals surface area contributed by atoms with Gasteiger partial charge in [0.05, 0.1) is 17.8 Å². The molecule has 2 aromatic rings. The van der Waals surface area contributed by atoms with Gasteiger partial charge in [-0.05, 0) is 25.5 Å². The van der Waals surface area contributed by atoms with Gasteiger partial charge in [0.15, 0.2) is 11.6 Å². The summed E-state index contributed by atoms with van der Waals surface area (Å²) in [6.45, 7) is 4.33. The molecule has 0 amide bonds. The van der Waals surface area contributed by atoms with Gasteiger partial charge in [-0.15, -0.1) is 0 Å². The van der Waals surface area contributed by atoms with Gasteiger partial charge in [-0.2, -0.15) is 0 Å². The zero-order valence-electron chi connectivity index (χ0n) is 10.9. The number of nitrogen functional groups attached to an aromatic ring is 1. The molecule has 5 heteroatoms. The summed E-state index contributed by atoms with van der Waals surface area (Å²) in [6, 6.07) is 4.79. The highest BCUT2D eigenvalue weighted by Crippen LogP contribution is 2.37. The molecule has 2 rings (SSSR count). The molecule has 1 aromatic heterocycles. The number of hydrogen-bond donors (Lipinski definition) is 1. The third kappa shape index (κ3) is 3.23. The molecule has 0 radical (unpaired) electrons. The minimum atomic E-state index is -0.431. The molecule has 102 valence electrons. The summed E-state index contributed by atoms with van der Waals surface area (Å²) in [5.74, 6) is 0.615. The van der Waals surface area contributed by atoms with E-state index in [9.17, 15) is 4.39 Å². The Labute approximate surface area is 115 Å². The molecule has 0 saturated heterocycles. The molecule has 1 aromatic carbocycles. The van der Waals surface area contributed by atoms with E-state index < -0.39 is 5.82 Å². The van der Waals surface area contributed by atoms with E-state index in [1.54, 1.807) is 12.3 Å². The summed E-state index contributed by atoms with van der Waals surface area (Å²) in [5, 5.41) is 0. The molecule has 0 aliphatic heterocycles. The lowest BCUT2D eigenvalue weighted by Crippen LogP contribution is -1.99. The largest absolute Gasteiger partial charge is 0.490 e. The predicted molar refractivity (Wildman–Crippen MR) is 74.2 cm³/mol. The second kappa shape index (κ2) is 6.02. The Morgan fingerprint density at radius 2 is 2.16 bits per heavy atom. The smallest absolute Gasteiger partial charge is 0.167 e. The van der Waals surface area contributed by atoms with Crippen molar-refractivity contribution in [1.29, 1.82) is 0 Å². The number of hydrogen-bond acceptors (Lipinski definition) is 4. The van der Waals surface area contributed by atoms with Crippen LogP contribution in [0.2, 0.25) is 0 Å². The molecule has 1 heterocycles. The van der Waals surface area contributed by atoms with Crippen LogP contribution < -0.4 is 10.5 Å². The fraction of sp³-hybridized carbons (Fsp3) is 0.286. The van der Waals surface area contributed by atoms with Gasteiger partial charge in [-0.25, -0.2) is 4.39 Å². The van der Waals surface area contributed by atoms with E-state index in [4.69, 9.17) is 14.9 Å². The lowest BCUT2D eigenvalue weighted by atomic mass is 10.3. The van der Waals surface area contributed by atoms with Gasteiger partial charge in [0.2, 0.25) is 0 Å². The van der Waals surface area contributed by atoms with Crippen LogP contribution in [0.3, 0.4) is 0 Å². The molecule has 2 N–H and O–H groups in total. The Hall–Kier alpha value is -1.62.